The molecular weight excluding hydrogens is 487 g/mol. The Morgan fingerprint density at radius 1 is 0.938 bits per heavy atom. The van der Waals surface area contributed by atoms with Gasteiger partial charge in [0.1, 0.15) is 0 Å². The highest BCUT2D eigenvalue weighted by Crippen LogP contribution is 2.26. The molecule has 0 bridgehead atoms. The second kappa shape index (κ2) is 10.6. The first-order chi connectivity index (χ1) is 15.2. The van der Waals surface area contributed by atoms with Crippen LogP contribution in [-0.2, 0) is 20.6 Å². The summed E-state index contributed by atoms with van der Waals surface area (Å²) < 4.78 is 28.1. The molecule has 0 aliphatic heterocycles. The first kappa shape index (κ1) is 24.5. The first-order valence-corrected chi connectivity index (χ1v) is 13.1. The number of sulfonamides is 1. The number of rotatable bonds is 8. The van der Waals surface area contributed by atoms with Gasteiger partial charge in [-0.3, -0.25) is 9.52 Å². The Hall–Kier alpha value is -2.19. The van der Waals surface area contributed by atoms with E-state index in [1.165, 1.54) is 23.9 Å². The number of aryl methyl sites for hydroxylation is 2. The third kappa shape index (κ3) is 6.42. The van der Waals surface area contributed by atoms with Crippen LogP contribution in [0.25, 0.3) is 0 Å². The van der Waals surface area contributed by atoms with Crippen molar-refractivity contribution in [1.82, 2.24) is 0 Å². The zero-order valence-electron chi connectivity index (χ0n) is 17.5. The fraction of sp³-hybridized carbons (Fsp3) is 0.174. The van der Waals surface area contributed by atoms with Gasteiger partial charge in [-0.2, -0.15) is 0 Å². The van der Waals surface area contributed by atoms with E-state index in [0.717, 1.165) is 16.7 Å². The summed E-state index contributed by atoms with van der Waals surface area (Å²) in [4.78, 5) is 12.3. The Balaban J connectivity index is 1.56. The Morgan fingerprint density at radius 2 is 1.59 bits per heavy atom. The van der Waals surface area contributed by atoms with Crippen LogP contribution in [-0.4, -0.2) is 20.1 Å². The molecule has 3 aromatic carbocycles. The molecule has 0 heterocycles. The number of carbonyl (C=O) groups is 1. The van der Waals surface area contributed by atoms with Crippen molar-refractivity contribution in [3.05, 3.63) is 87.4 Å². The van der Waals surface area contributed by atoms with Crippen LogP contribution in [0.3, 0.4) is 0 Å². The van der Waals surface area contributed by atoms with Gasteiger partial charge in [0.15, 0.2) is 0 Å². The molecule has 0 unspecified atom stereocenters. The molecule has 1 amide bonds. The van der Waals surface area contributed by atoms with E-state index in [4.69, 9.17) is 23.2 Å². The summed E-state index contributed by atoms with van der Waals surface area (Å²) in [6.45, 7) is 3.70. The van der Waals surface area contributed by atoms with E-state index in [9.17, 15) is 13.2 Å². The van der Waals surface area contributed by atoms with Crippen LogP contribution in [0.5, 0.6) is 0 Å². The highest BCUT2D eigenvalue weighted by Gasteiger charge is 2.16. The number of amides is 1. The topological polar surface area (TPSA) is 75.3 Å². The molecule has 0 spiro atoms. The predicted octanol–water partition coefficient (Wildman–Crippen LogP) is 6.28. The van der Waals surface area contributed by atoms with Gasteiger partial charge in [-0.15, -0.1) is 11.8 Å². The van der Waals surface area contributed by atoms with Gasteiger partial charge in [-0.25, -0.2) is 8.42 Å². The van der Waals surface area contributed by atoms with Crippen molar-refractivity contribution in [2.75, 3.05) is 15.8 Å². The fourth-order valence-corrected chi connectivity index (χ4v) is 5.27. The first-order valence-electron chi connectivity index (χ1n) is 9.66. The summed E-state index contributed by atoms with van der Waals surface area (Å²) in [5, 5.41) is 3.75. The second-order valence-corrected chi connectivity index (χ2v) is 10.7. The Labute approximate surface area is 202 Å². The summed E-state index contributed by atoms with van der Waals surface area (Å²) in [7, 11) is -3.74. The summed E-state index contributed by atoms with van der Waals surface area (Å²) in [5.41, 5.74) is 3.76. The third-order valence-corrected chi connectivity index (χ3v) is 7.76. The van der Waals surface area contributed by atoms with Crippen molar-refractivity contribution in [3.8, 4) is 0 Å². The maximum absolute atomic E-state index is 12.7. The monoisotopic (exact) mass is 508 g/mol. The van der Waals surface area contributed by atoms with Gasteiger partial charge < -0.3 is 5.32 Å². The third-order valence-electron chi connectivity index (χ3n) is 4.65. The summed E-state index contributed by atoms with van der Waals surface area (Å²) in [6, 6.07) is 17.0. The largest absolute Gasteiger partial charge is 0.325 e. The molecule has 32 heavy (non-hydrogen) atoms. The lowest BCUT2D eigenvalue weighted by atomic mass is 10.1. The van der Waals surface area contributed by atoms with Crippen molar-refractivity contribution in [2.24, 2.45) is 0 Å². The molecule has 2 N–H and O–H groups in total. The van der Waals surface area contributed by atoms with E-state index >= 15 is 0 Å². The van der Waals surface area contributed by atoms with Crippen LogP contribution in [0.1, 0.15) is 16.7 Å². The molecule has 0 atom stereocenters. The molecule has 0 saturated carbocycles. The fourth-order valence-electron chi connectivity index (χ4n) is 2.97. The molecule has 0 fully saturated rings. The zero-order chi connectivity index (χ0) is 23.3. The van der Waals surface area contributed by atoms with Gasteiger partial charge in [0.05, 0.1) is 26.4 Å². The lowest BCUT2D eigenvalue weighted by Gasteiger charge is -2.13. The normalized spacial score (nSPS) is 11.2. The van der Waals surface area contributed by atoms with Gasteiger partial charge in [0, 0.05) is 11.4 Å². The minimum Gasteiger partial charge on any atom is -0.325 e. The van der Waals surface area contributed by atoms with Gasteiger partial charge in [0.2, 0.25) is 5.91 Å². The van der Waals surface area contributed by atoms with Crippen molar-refractivity contribution >= 4 is 62.3 Å². The Bertz CT molecular complexity index is 1210. The number of para-hydroxylation sites is 1. The van der Waals surface area contributed by atoms with Crippen LogP contribution in [0.2, 0.25) is 10.0 Å². The van der Waals surface area contributed by atoms with E-state index in [1.54, 1.807) is 24.3 Å². The average Bonchev–Trinajstić information content (AvgIpc) is 2.74. The lowest BCUT2D eigenvalue weighted by Crippen LogP contribution is -2.16. The standard InChI is InChI=1S/C23H22Cl2N2O3S2/c1-15-4-3-5-16(2)23(15)27-32(29,30)19-9-7-18(8-10-19)26-22(28)14-31-13-17-6-11-20(24)21(25)12-17/h3-12,27H,13-14H2,1-2H3,(H,26,28). The highest BCUT2D eigenvalue weighted by atomic mass is 35.5. The quantitative estimate of drug-likeness (QED) is 0.375. The van der Waals surface area contributed by atoms with E-state index in [0.29, 0.717) is 27.2 Å². The molecule has 168 valence electrons. The molecule has 3 aromatic rings. The minimum absolute atomic E-state index is 0.118. The highest BCUT2D eigenvalue weighted by molar-refractivity contribution is 7.99. The van der Waals surface area contributed by atoms with Crippen LogP contribution in [0.15, 0.2) is 65.6 Å². The summed E-state index contributed by atoms with van der Waals surface area (Å²) in [5.74, 6) is 0.680. The van der Waals surface area contributed by atoms with E-state index in [1.807, 2.05) is 38.1 Å². The van der Waals surface area contributed by atoms with Gasteiger partial charge in [0.25, 0.3) is 10.0 Å². The number of thioether (sulfide) groups is 1. The van der Waals surface area contributed by atoms with Crippen LogP contribution in [0, 0.1) is 13.8 Å². The molecule has 0 saturated heterocycles. The zero-order valence-corrected chi connectivity index (χ0v) is 20.6. The average molecular weight is 509 g/mol. The smallest absolute Gasteiger partial charge is 0.261 e. The summed E-state index contributed by atoms with van der Waals surface area (Å²) in [6.07, 6.45) is 0. The molecule has 0 aromatic heterocycles. The number of benzene rings is 3. The van der Waals surface area contributed by atoms with Crippen LogP contribution in [0.4, 0.5) is 11.4 Å². The molecule has 0 radical (unpaired) electrons. The number of hydrogen-bond donors (Lipinski definition) is 2. The molecular formula is C23H22Cl2N2O3S2. The number of hydrogen-bond acceptors (Lipinski definition) is 4. The van der Waals surface area contributed by atoms with E-state index in [-0.39, 0.29) is 16.6 Å². The van der Waals surface area contributed by atoms with Crippen molar-refractivity contribution in [2.45, 2.75) is 24.5 Å². The lowest BCUT2D eigenvalue weighted by molar-refractivity contribution is -0.113. The molecule has 3 rings (SSSR count). The van der Waals surface area contributed by atoms with Gasteiger partial charge in [-0.1, -0.05) is 47.5 Å². The number of anilines is 2. The molecule has 9 heteroatoms. The van der Waals surface area contributed by atoms with Crippen LogP contribution >= 0.6 is 35.0 Å². The van der Waals surface area contributed by atoms with Crippen molar-refractivity contribution < 1.29 is 13.2 Å². The maximum Gasteiger partial charge on any atom is 0.261 e. The minimum atomic E-state index is -3.74. The molecule has 0 aliphatic rings. The van der Waals surface area contributed by atoms with Gasteiger partial charge >= 0.3 is 0 Å². The Kier molecular flexibility index (Phi) is 8.11. The number of halogens is 2. The summed E-state index contributed by atoms with van der Waals surface area (Å²) >= 11 is 13.3. The molecule has 0 aliphatic carbocycles. The van der Waals surface area contributed by atoms with Crippen molar-refractivity contribution in [3.63, 3.8) is 0 Å². The Morgan fingerprint density at radius 3 is 2.22 bits per heavy atom. The van der Waals surface area contributed by atoms with E-state index < -0.39 is 10.0 Å². The predicted molar refractivity (Wildman–Crippen MR) is 134 cm³/mol. The van der Waals surface area contributed by atoms with Gasteiger partial charge in [-0.05, 0) is 66.9 Å². The SMILES string of the molecule is Cc1cccc(C)c1NS(=O)(=O)c1ccc(NC(=O)CSCc2ccc(Cl)c(Cl)c2)cc1. The number of nitrogens with one attached hydrogen (secondary N) is 2. The van der Waals surface area contributed by atoms with Crippen molar-refractivity contribution in [1.29, 1.82) is 0 Å². The maximum atomic E-state index is 12.7. The molecule has 5 nitrogen and oxygen atoms in total. The number of carbonyl (C=O) groups excluding carboxylic acids is 1. The van der Waals surface area contributed by atoms with E-state index in [2.05, 4.69) is 10.0 Å². The van der Waals surface area contributed by atoms with Crippen LogP contribution < -0.4 is 10.0 Å². The second-order valence-electron chi connectivity index (χ2n) is 7.19.